The van der Waals surface area contributed by atoms with Gasteiger partial charge < -0.3 is 14.0 Å². The van der Waals surface area contributed by atoms with E-state index < -0.39 is 18.1 Å². The van der Waals surface area contributed by atoms with E-state index in [2.05, 4.69) is 14.9 Å². The van der Waals surface area contributed by atoms with Crippen LogP contribution in [0, 0.1) is 0 Å². The van der Waals surface area contributed by atoms with Gasteiger partial charge in [-0.05, 0) is 35.7 Å². The summed E-state index contributed by atoms with van der Waals surface area (Å²) >= 11 is 1.48. The van der Waals surface area contributed by atoms with Gasteiger partial charge in [0.05, 0.1) is 5.56 Å². The SMILES string of the molecule is O=C(OCc1nc(-c2ccsc2)no1)c1ccc(OC(F)(F)F)cc1. The third-order valence-electron chi connectivity index (χ3n) is 2.90. The molecule has 0 aliphatic heterocycles. The van der Waals surface area contributed by atoms with Gasteiger partial charge in [-0.2, -0.15) is 16.3 Å². The first-order chi connectivity index (χ1) is 11.9. The molecule has 0 N–H and O–H groups in total. The smallest absolute Gasteiger partial charge is 0.452 e. The number of alkyl halides is 3. The highest BCUT2D eigenvalue weighted by Gasteiger charge is 2.31. The van der Waals surface area contributed by atoms with Crippen molar-refractivity contribution >= 4 is 17.3 Å². The standard InChI is InChI=1S/C15H9F3N2O4S/c16-15(17,18)23-11-3-1-9(2-4-11)14(21)22-7-12-19-13(20-24-12)10-5-6-25-8-10/h1-6,8H,7H2. The minimum Gasteiger partial charge on any atom is -0.452 e. The summed E-state index contributed by atoms with van der Waals surface area (Å²) in [7, 11) is 0. The third-order valence-corrected chi connectivity index (χ3v) is 3.58. The first-order valence-corrected chi connectivity index (χ1v) is 7.73. The minimum atomic E-state index is -4.79. The molecule has 2 aromatic heterocycles. The highest BCUT2D eigenvalue weighted by molar-refractivity contribution is 7.08. The van der Waals surface area contributed by atoms with E-state index in [1.54, 1.807) is 0 Å². The highest BCUT2D eigenvalue weighted by Crippen LogP contribution is 2.23. The molecule has 0 aliphatic rings. The summed E-state index contributed by atoms with van der Waals surface area (Å²) in [5.41, 5.74) is 0.846. The Bertz CT molecular complexity index is 845. The van der Waals surface area contributed by atoms with Crippen molar-refractivity contribution < 1.29 is 32.0 Å². The van der Waals surface area contributed by atoms with E-state index >= 15 is 0 Å². The van der Waals surface area contributed by atoms with Crippen LogP contribution in [0.25, 0.3) is 11.4 Å². The fraction of sp³-hybridized carbons (Fsp3) is 0.133. The van der Waals surface area contributed by atoms with Crippen molar-refractivity contribution in [2.75, 3.05) is 0 Å². The van der Waals surface area contributed by atoms with Crippen molar-refractivity contribution in [1.29, 1.82) is 0 Å². The Balaban J connectivity index is 1.57. The van der Waals surface area contributed by atoms with Crippen LogP contribution in [0.3, 0.4) is 0 Å². The molecule has 10 heteroatoms. The maximum absolute atomic E-state index is 12.1. The second-order valence-electron chi connectivity index (χ2n) is 4.67. The molecule has 0 radical (unpaired) electrons. The lowest BCUT2D eigenvalue weighted by Crippen LogP contribution is -2.17. The van der Waals surface area contributed by atoms with Gasteiger partial charge in [-0.1, -0.05) is 5.16 Å². The molecule has 2 heterocycles. The van der Waals surface area contributed by atoms with E-state index in [1.165, 1.54) is 11.3 Å². The number of nitrogens with zero attached hydrogens (tertiary/aromatic N) is 2. The zero-order chi connectivity index (χ0) is 17.9. The lowest BCUT2D eigenvalue weighted by atomic mass is 10.2. The van der Waals surface area contributed by atoms with Gasteiger partial charge in [0.15, 0.2) is 6.61 Å². The van der Waals surface area contributed by atoms with Gasteiger partial charge in [0.2, 0.25) is 5.82 Å². The van der Waals surface area contributed by atoms with Gasteiger partial charge >= 0.3 is 12.3 Å². The number of hydrogen-bond donors (Lipinski definition) is 0. The lowest BCUT2D eigenvalue weighted by Gasteiger charge is -2.08. The van der Waals surface area contributed by atoms with Gasteiger partial charge in [-0.3, -0.25) is 0 Å². The van der Waals surface area contributed by atoms with Crippen LogP contribution in [0.5, 0.6) is 5.75 Å². The van der Waals surface area contributed by atoms with Gasteiger partial charge in [0, 0.05) is 10.9 Å². The van der Waals surface area contributed by atoms with Gasteiger partial charge in [-0.25, -0.2) is 4.79 Å². The Hall–Kier alpha value is -2.88. The largest absolute Gasteiger partial charge is 0.573 e. The fourth-order valence-corrected chi connectivity index (χ4v) is 2.46. The number of halogens is 3. The van der Waals surface area contributed by atoms with Crippen LogP contribution in [0.1, 0.15) is 16.2 Å². The quantitative estimate of drug-likeness (QED) is 0.631. The van der Waals surface area contributed by atoms with Crippen molar-refractivity contribution in [2.45, 2.75) is 13.0 Å². The molecule has 25 heavy (non-hydrogen) atoms. The Labute approximate surface area is 142 Å². The Kier molecular flexibility index (Phi) is 4.70. The van der Waals surface area contributed by atoms with Crippen molar-refractivity contribution in [3.05, 3.63) is 52.5 Å². The normalized spacial score (nSPS) is 11.3. The van der Waals surface area contributed by atoms with E-state index in [-0.39, 0.29) is 18.1 Å². The molecule has 0 aliphatic carbocycles. The van der Waals surface area contributed by atoms with Crippen LogP contribution < -0.4 is 4.74 Å². The highest BCUT2D eigenvalue weighted by atomic mass is 32.1. The average Bonchev–Trinajstić information content (AvgIpc) is 3.23. The van der Waals surface area contributed by atoms with Crippen molar-refractivity contribution in [2.24, 2.45) is 0 Å². The summed E-state index contributed by atoms with van der Waals surface area (Å²) in [6.07, 6.45) is -4.79. The number of carbonyl (C=O) groups excluding carboxylic acids is 1. The van der Waals surface area contributed by atoms with Gasteiger partial charge in [0.1, 0.15) is 5.75 Å². The van der Waals surface area contributed by atoms with Crippen molar-refractivity contribution in [3.63, 3.8) is 0 Å². The summed E-state index contributed by atoms with van der Waals surface area (Å²) < 4.78 is 49.9. The molecular formula is C15H9F3N2O4S. The second-order valence-corrected chi connectivity index (χ2v) is 5.45. The topological polar surface area (TPSA) is 74.5 Å². The van der Waals surface area contributed by atoms with E-state index in [9.17, 15) is 18.0 Å². The number of hydrogen-bond acceptors (Lipinski definition) is 7. The zero-order valence-electron chi connectivity index (χ0n) is 12.3. The first kappa shape index (κ1) is 17.0. The molecule has 0 amide bonds. The molecule has 3 rings (SSSR count). The molecule has 0 saturated heterocycles. The molecule has 0 unspecified atom stereocenters. The summed E-state index contributed by atoms with van der Waals surface area (Å²) in [6, 6.07) is 6.18. The molecule has 130 valence electrons. The predicted molar refractivity (Wildman–Crippen MR) is 79.9 cm³/mol. The zero-order valence-corrected chi connectivity index (χ0v) is 13.1. The summed E-state index contributed by atoms with van der Waals surface area (Å²) in [5, 5.41) is 7.46. The predicted octanol–water partition coefficient (Wildman–Crippen LogP) is 4.05. The maximum atomic E-state index is 12.1. The Morgan fingerprint density at radius 1 is 1.20 bits per heavy atom. The number of carbonyl (C=O) groups is 1. The van der Waals surface area contributed by atoms with Crippen LogP contribution in [0.4, 0.5) is 13.2 Å². The van der Waals surface area contributed by atoms with Crippen LogP contribution in [0.15, 0.2) is 45.6 Å². The second kappa shape index (κ2) is 6.93. The van der Waals surface area contributed by atoms with Crippen molar-refractivity contribution in [1.82, 2.24) is 10.1 Å². The summed E-state index contributed by atoms with van der Waals surface area (Å²) in [4.78, 5) is 16.0. The Morgan fingerprint density at radius 3 is 2.60 bits per heavy atom. The molecule has 0 atom stereocenters. The van der Waals surface area contributed by atoms with Crippen LogP contribution in [-0.2, 0) is 11.3 Å². The first-order valence-electron chi connectivity index (χ1n) is 6.79. The van der Waals surface area contributed by atoms with E-state index in [4.69, 9.17) is 9.26 Å². The Morgan fingerprint density at radius 2 is 1.96 bits per heavy atom. The monoisotopic (exact) mass is 370 g/mol. The maximum Gasteiger partial charge on any atom is 0.573 e. The fourth-order valence-electron chi connectivity index (χ4n) is 1.83. The minimum absolute atomic E-state index is 0.0621. The molecule has 0 fully saturated rings. The third kappa shape index (κ3) is 4.57. The van der Waals surface area contributed by atoms with Gasteiger partial charge in [0.25, 0.3) is 5.89 Å². The van der Waals surface area contributed by atoms with Crippen LogP contribution in [-0.4, -0.2) is 22.5 Å². The van der Waals surface area contributed by atoms with Gasteiger partial charge in [-0.15, -0.1) is 13.2 Å². The molecule has 3 aromatic rings. The molecule has 0 bridgehead atoms. The molecule has 0 saturated carbocycles. The van der Waals surface area contributed by atoms with E-state index in [0.29, 0.717) is 5.82 Å². The summed E-state index contributed by atoms with van der Waals surface area (Å²) in [6.45, 7) is -0.253. The van der Waals surface area contributed by atoms with E-state index in [1.807, 2.05) is 16.8 Å². The van der Waals surface area contributed by atoms with Crippen molar-refractivity contribution in [3.8, 4) is 17.1 Å². The number of esters is 1. The number of thiophene rings is 1. The molecule has 6 nitrogen and oxygen atoms in total. The number of benzene rings is 1. The average molecular weight is 370 g/mol. The molecule has 1 aromatic carbocycles. The molecular weight excluding hydrogens is 361 g/mol. The van der Waals surface area contributed by atoms with E-state index in [0.717, 1.165) is 29.8 Å². The number of rotatable bonds is 5. The molecule has 0 spiro atoms. The van der Waals surface area contributed by atoms with Crippen LogP contribution >= 0.6 is 11.3 Å². The lowest BCUT2D eigenvalue weighted by molar-refractivity contribution is -0.274. The summed E-state index contributed by atoms with van der Waals surface area (Å²) in [5.74, 6) is -0.692. The number of aromatic nitrogens is 2. The number of ether oxygens (including phenoxy) is 2. The van der Waals surface area contributed by atoms with Crippen LogP contribution in [0.2, 0.25) is 0 Å².